The van der Waals surface area contributed by atoms with Gasteiger partial charge >= 0.3 is 0 Å². The number of aromatic nitrogens is 1. The van der Waals surface area contributed by atoms with Gasteiger partial charge in [-0.25, -0.2) is 5.48 Å². The van der Waals surface area contributed by atoms with Crippen molar-refractivity contribution in [3.05, 3.63) is 59.4 Å². The molecule has 0 saturated heterocycles. The maximum atomic E-state index is 12.0. The summed E-state index contributed by atoms with van der Waals surface area (Å²) >= 11 is 0. The van der Waals surface area contributed by atoms with E-state index in [-0.39, 0.29) is 12.5 Å². The zero-order valence-electron chi connectivity index (χ0n) is 13.2. The molecule has 0 saturated carbocycles. The molecule has 1 heterocycles. The molecule has 1 aromatic carbocycles. The van der Waals surface area contributed by atoms with Gasteiger partial charge in [-0.2, -0.15) is 0 Å². The van der Waals surface area contributed by atoms with Crippen molar-refractivity contribution >= 4 is 5.91 Å². The predicted octanol–water partition coefficient (Wildman–Crippen LogP) is 2.28. The average molecular weight is 316 g/mol. The van der Waals surface area contributed by atoms with E-state index in [1.807, 2.05) is 25.1 Å². The fourth-order valence-corrected chi connectivity index (χ4v) is 1.88. The van der Waals surface area contributed by atoms with Crippen molar-refractivity contribution in [1.82, 2.24) is 10.5 Å². The lowest BCUT2D eigenvalue weighted by Crippen LogP contribution is -2.23. The van der Waals surface area contributed by atoms with Crippen molar-refractivity contribution in [2.24, 2.45) is 0 Å². The van der Waals surface area contributed by atoms with Gasteiger partial charge < -0.3 is 9.47 Å². The highest BCUT2D eigenvalue weighted by atomic mass is 16.6. The molecule has 23 heavy (non-hydrogen) atoms. The van der Waals surface area contributed by atoms with E-state index >= 15 is 0 Å². The Bertz CT molecular complexity index is 646. The third kappa shape index (κ3) is 5.69. The van der Waals surface area contributed by atoms with Gasteiger partial charge in [-0.15, -0.1) is 0 Å². The lowest BCUT2D eigenvalue weighted by Gasteiger charge is -2.08. The lowest BCUT2D eigenvalue weighted by atomic mass is 10.2. The molecule has 0 atom stereocenters. The van der Waals surface area contributed by atoms with Crippen LogP contribution in [-0.4, -0.2) is 31.2 Å². The van der Waals surface area contributed by atoms with E-state index in [1.165, 1.54) is 0 Å². The van der Waals surface area contributed by atoms with E-state index in [1.54, 1.807) is 31.4 Å². The summed E-state index contributed by atoms with van der Waals surface area (Å²) in [7, 11) is 1.60. The minimum atomic E-state index is -0.338. The topological polar surface area (TPSA) is 69.7 Å². The van der Waals surface area contributed by atoms with Crippen LogP contribution in [0.3, 0.4) is 0 Å². The number of carbonyl (C=O) groups excluding carboxylic acids is 1. The van der Waals surface area contributed by atoms with Crippen LogP contribution in [0.15, 0.2) is 42.5 Å². The number of hydrogen-bond donors (Lipinski definition) is 1. The van der Waals surface area contributed by atoms with Crippen molar-refractivity contribution in [2.45, 2.75) is 13.5 Å². The molecule has 0 aliphatic heterocycles. The fourth-order valence-electron chi connectivity index (χ4n) is 1.88. The maximum Gasteiger partial charge on any atom is 0.274 e. The van der Waals surface area contributed by atoms with Crippen LogP contribution in [0.1, 0.15) is 21.7 Å². The largest absolute Gasteiger partial charge is 0.491 e. The summed E-state index contributed by atoms with van der Waals surface area (Å²) in [5.74, 6) is 0.268. The van der Waals surface area contributed by atoms with Gasteiger partial charge in [0.2, 0.25) is 0 Å². The first-order chi connectivity index (χ1) is 11.2. The van der Waals surface area contributed by atoms with Crippen molar-refractivity contribution < 1.29 is 19.1 Å². The highest BCUT2D eigenvalue weighted by molar-refractivity contribution is 5.93. The molecule has 2 aromatic rings. The van der Waals surface area contributed by atoms with E-state index in [0.717, 1.165) is 11.4 Å². The minimum absolute atomic E-state index is 0.206. The molecule has 122 valence electrons. The van der Waals surface area contributed by atoms with Gasteiger partial charge in [-0.1, -0.05) is 12.1 Å². The molecule has 0 spiro atoms. The second-order valence-electron chi connectivity index (χ2n) is 4.86. The molecular formula is C17H20N2O4. The summed E-state index contributed by atoms with van der Waals surface area (Å²) in [4.78, 5) is 21.5. The molecule has 0 unspecified atom stereocenters. The quantitative estimate of drug-likeness (QED) is 0.597. The smallest absolute Gasteiger partial charge is 0.274 e. The van der Waals surface area contributed by atoms with Crippen molar-refractivity contribution in [1.29, 1.82) is 0 Å². The van der Waals surface area contributed by atoms with Crippen molar-refractivity contribution in [3.63, 3.8) is 0 Å². The van der Waals surface area contributed by atoms with Gasteiger partial charge in [-0.3, -0.25) is 14.6 Å². The number of hydrogen-bond acceptors (Lipinski definition) is 5. The van der Waals surface area contributed by atoms with E-state index in [4.69, 9.17) is 14.3 Å². The molecule has 1 N–H and O–H groups in total. The number of nitrogens with zero attached hydrogens (tertiary/aromatic N) is 1. The molecule has 0 aliphatic carbocycles. The van der Waals surface area contributed by atoms with Crippen LogP contribution in [0.5, 0.6) is 5.75 Å². The number of carbonyl (C=O) groups is 1. The molecule has 1 amide bonds. The number of ether oxygens (including phenoxy) is 2. The average Bonchev–Trinajstić information content (AvgIpc) is 2.55. The van der Waals surface area contributed by atoms with Crippen molar-refractivity contribution in [2.75, 3.05) is 20.3 Å². The van der Waals surface area contributed by atoms with Gasteiger partial charge in [0.1, 0.15) is 19.0 Å². The number of nitrogens with one attached hydrogen (secondary N) is 1. The Morgan fingerprint density at radius 2 is 2.00 bits per heavy atom. The summed E-state index contributed by atoms with van der Waals surface area (Å²) in [5.41, 5.74) is 4.51. The number of methoxy groups -OCH3 is 1. The van der Waals surface area contributed by atoms with E-state index in [0.29, 0.717) is 24.5 Å². The van der Waals surface area contributed by atoms with Crippen LogP contribution in [0.2, 0.25) is 0 Å². The molecule has 2 rings (SSSR count). The summed E-state index contributed by atoms with van der Waals surface area (Å²) in [6.45, 7) is 3.02. The zero-order chi connectivity index (χ0) is 16.5. The van der Waals surface area contributed by atoms with Crippen LogP contribution >= 0.6 is 0 Å². The first-order valence-electron chi connectivity index (χ1n) is 7.25. The fraction of sp³-hybridized carbons (Fsp3) is 0.294. The Morgan fingerprint density at radius 3 is 2.78 bits per heavy atom. The monoisotopic (exact) mass is 316 g/mol. The second kappa shape index (κ2) is 8.87. The third-order valence-corrected chi connectivity index (χ3v) is 2.98. The molecule has 6 nitrogen and oxygen atoms in total. The molecule has 0 bridgehead atoms. The minimum Gasteiger partial charge on any atom is -0.491 e. The van der Waals surface area contributed by atoms with Crippen LogP contribution in [-0.2, 0) is 16.2 Å². The first kappa shape index (κ1) is 16.9. The van der Waals surface area contributed by atoms with Crippen LogP contribution in [0, 0.1) is 6.92 Å². The maximum absolute atomic E-state index is 12.0. The number of amides is 1. The molecule has 0 radical (unpaired) electrons. The first-order valence-corrected chi connectivity index (χ1v) is 7.25. The van der Waals surface area contributed by atoms with Crippen LogP contribution in [0.4, 0.5) is 0 Å². The normalized spacial score (nSPS) is 10.3. The van der Waals surface area contributed by atoms with Gasteiger partial charge in [0.25, 0.3) is 5.91 Å². The molecular weight excluding hydrogens is 296 g/mol. The Balaban J connectivity index is 1.84. The third-order valence-electron chi connectivity index (χ3n) is 2.98. The molecule has 0 aliphatic rings. The van der Waals surface area contributed by atoms with Crippen LogP contribution < -0.4 is 10.2 Å². The molecule has 0 fully saturated rings. The predicted molar refractivity (Wildman–Crippen MR) is 85.0 cm³/mol. The van der Waals surface area contributed by atoms with E-state index in [9.17, 15) is 4.79 Å². The van der Waals surface area contributed by atoms with Crippen LogP contribution in [0.25, 0.3) is 0 Å². The standard InChI is InChI=1S/C17H20N2O4/c1-13-5-3-7-15(18-13)12-23-19-17(20)14-6-4-8-16(11-14)22-10-9-21-2/h3-8,11H,9-10,12H2,1-2H3,(H,19,20). The highest BCUT2D eigenvalue weighted by Gasteiger charge is 2.07. The van der Waals surface area contributed by atoms with E-state index in [2.05, 4.69) is 10.5 Å². The van der Waals surface area contributed by atoms with Crippen molar-refractivity contribution in [3.8, 4) is 5.75 Å². The molecule has 6 heteroatoms. The summed E-state index contributed by atoms with van der Waals surface area (Å²) < 4.78 is 10.4. The SMILES string of the molecule is COCCOc1cccc(C(=O)NOCc2cccc(C)n2)c1. The summed E-state index contributed by atoms with van der Waals surface area (Å²) in [6, 6.07) is 12.5. The number of pyridine rings is 1. The summed E-state index contributed by atoms with van der Waals surface area (Å²) in [5, 5.41) is 0. The number of aryl methyl sites for hydroxylation is 1. The Labute approximate surface area is 135 Å². The van der Waals surface area contributed by atoms with E-state index < -0.39 is 0 Å². The lowest BCUT2D eigenvalue weighted by molar-refractivity contribution is 0.0221. The second-order valence-corrected chi connectivity index (χ2v) is 4.86. The highest BCUT2D eigenvalue weighted by Crippen LogP contribution is 2.13. The summed E-state index contributed by atoms with van der Waals surface area (Å²) in [6.07, 6.45) is 0. The van der Waals surface area contributed by atoms with Gasteiger partial charge in [-0.05, 0) is 37.3 Å². The number of rotatable bonds is 8. The van der Waals surface area contributed by atoms with Gasteiger partial charge in [0.15, 0.2) is 0 Å². The zero-order valence-corrected chi connectivity index (χ0v) is 13.2. The Hall–Kier alpha value is -2.44. The number of hydroxylamine groups is 1. The van der Waals surface area contributed by atoms with Gasteiger partial charge in [0.05, 0.1) is 12.3 Å². The Kier molecular flexibility index (Phi) is 6.53. The Morgan fingerprint density at radius 1 is 1.17 bits per heavy atom. The number of benzene rings is 1. The van der Waals surface area contributed by atoms with Gasteiger partial charge in [0, 0.05) is 18.4 Å². The molecule has 1 aromatic heterocycles.